The number of carbonyl (C=O) groups is 2. The molecule has 5 rings (SSSR count). The van der Waals surface area contributed by atoms with Gasteiger partial charge < -0.3 is 19.3 Å². The van der Waals surface area contributed by atoms with Crippen molar-refractivity contribution in [3.8, 4) is 28.4 Å². The Labute approximate surface area is 206 Å². The van der Waals surface area contributed by atoms with Gasteiger partial charge in [0.15, 0.2) is 17.3 Å². The maximum absolute atomic E-state index is 12.6. The van der Waals surface area contributed by atoms with E-state index in [1.165, 1.54) is 6.42 Å². The summed E-state index contributed by atoms with van der Waals surface area (Å²) in [5.74, 6) is 1.08. The predicted octanol–water partition coefficient (Wildman–Crippen LogP) is 6.08. The summed E-state index contributed by atoms with van der Waals surface area (Å²) in [4.78, 5) is 25.1. The molecule has 0 saturated heterocycles. The molecular formula is C29H34O6. The first kappa shape index (κ1) is 23.7. The molecule has 1 unspecified atom stereocenters. The molecule has 0 radical (unpaired) electrons. The number of aliphatic carboxylic acids is 1. The minimum atomic E-state index is -0.887. The molecule has 0 bridgehead atoms. The molecule has 2 aromatic rings. The van der Waals surface area contributed by atoms with Gasteiger partial charge in [-0.15, -0.1) is 0 Å². The fraction of sp³-hybridized carbons (Fsp3) is 0.517. The molecular weight excluding hydrogens is 444 g/mol. The highest BCUT2D eigenvalue weighted by atomic mass is 16.5. The van der Waals surface area contributed by atoms with Crippen molar-refractivity contribution in [2.24, 2.45) is 11.3 Å². The fourth-order valence-corrected chi connectivity index (χ4v) is 6.37. The molecule has 0 amide bonds. The van der Waals surface area contributed by atoms with Gasteiger partial charge in [0.1, 0.15) is 11.5 Å². The molecule has 3 aliphatic carbocycles. The second-order valence-electron chi connectivity index (χ2n) is 10.2. The van der Waals surface area contributed by atoms with Crippen LogP contribution in [0.5, 0.6) is 17.2 Å². The number of carbonyl (C=O) groups excluding carboxylic acids is 1. The summed E-state index contributed by atoms with van der Waals surface area (Å²) in [7, 11) is 3.17. The van der Waals surface area contributed by atoms with Gasteiger partial charge in [-0.05, 0) is 61.3 Å². The molecule has 6 heteroatoms. The smallest absolute Gasteiger partial charge is 0.313 e. The maximum Gasteiger partial charge on any atom is 0.313 e. The average molecular weight is 479 g/mol. The van der Waals surface area contributed by atoms with E-state index in [9.17, 15) is 14.7 Å². The van der Waals surface area contributed by atoms with Crippen LogP contribution in [0.3, 0.4) is 0 Å². The third-order valence-electron chi connectivity index (χ3n) is 8.41. The SMILES string of the molecule is COc1ccc(-c2cccc3c2CCC3=O)c(OC(C2CCCCC2)C2(C(=O)O)CCC2)c1OC. The van der Waals surface area contributed by atoms with E-state index in [-0.39, 0.29) is 11.7 Å². The van der Waals surface area contributed by atoms with Crippen LogP contribution in [-0.4, -0.2) is 37.2 Å². The lowest BCUT2D eigenvalue weighted by atomic mass is 9.60. The van der Waals surface area contributed by atoms with Crippen LogP contribution in [-0.2, 0) is 11.2 Å². The minimum Gasteiger partial charge on any atom is -0.493 e. The van der Waals surface area contributed by atoms with E-state index >= 15 is 0 Å². The van der Waals surface area contributed by atoms with E-state index in [2.05, 4.69) is 0 Å². The maximum atomic E-state index is 12.6. The van der Waals surface area contributed by atoms with Gasteiger partial charge in [-0.3, -0.25) is 9.59 Å². The number of ketones is 1. The summed E-state index contributed by atoms with van der Waals surface area (Å²) >= 11 is 0. The van der Waals surface area contributed by atoms with Crippen molar-refractivity contribution in [1.82, 2.24) is 0 Å². The quantitative estimate of drug-likeness (QED) is 0.495. The average Bonchev–Trinajstić information content (AvgIpc) is 3.23. The van der Waals surface area contributed by atoms with Gasteiger partial charge in [0.2, 0.25) is 5.75 Å². The number of methoxy groups -OCH3 is 2. The number of Topliss-reactive ketones (excluding diaryl/α,β-unsaturated/α-hetero) is 1. The zero-order valence-corrected chi connectivity index (χ0v) is 20.6. The number of benzene rings is 2. The van der Waals surface area contributed by atoms with Crippen LogP contribution in [0.15, 0.2) is 30.3 Å². The number of hydrogen-bond acceptors (Lipinski definition) is 5. The first-order valence-electron chi connectivity index (χ1n) is 12.8. The summed E-state index contributed by atoms with van der Waals surface area (Å²) in [6, 6.07) is 9.59. The standard InChI is InChI=1S/C29H34O6/c1-33-24-15-13-22(19-10-6-11-21-20(19)12-14-23(21)30)25(26(24)34-2)35-27(18-8-4-3-5-9-18)29(28(31)32)16-7-17-29/h6,10-11,13,15,18,27H,3-5,7-9,12,14,16-17H2,1-2H3,(H,31,32). The van der Waals surface area contributed by atoms with Crippen molar-refractivity contribution >= 4 is 11.8 Å². The fourth-order valence-electron chi connectivity index (χ4n) is 6.37. The van der Waals surface area contributed by atoms with Crippen molar-refractivity contribution in [1.29, 1.82) is 0 Å². The van der Waals surface area contributed by atoms with Gasteiger partial charge in [0.05, 0.1) is 14.2 Å². The Balaban J connectivity index is 1.66. The molecule has 2 fully saturated rings. The van der Waals surface area contributed by atoms with E-state index in [1.807, 2.05) is 30.3 Å². The lowest BCUT2D eigenvalue weighted by Gasteiger charge is -2.47. The Kier molecular flexibility index (Phi) is 6.47. The van der Waals surface area contributed by atoms with Crippen molar-refractivity contribution in [2.75, 3.05) is 14.2 Å². The highest BCUT2D eigenvalue weighted by Gasteiger charge is 2.55. The number of fused-ring (bicyclic) bond motifs is 1. The molecule has 35 heavy (non-hydrogen) atoms. The van der Waals surface area contributed by atoms with E-state index in [0.29, 0.717) is 42.9 Å². The molecule has 0 heterocycles. The normalized spacial score (nSPS) is 20.0. The van der Waals surface area contributed by atoms with Crippen molar-refractivity contribution in [3.05, 3.63) is 41.5 Å². The van der Waals surface area contributed by atoms with Gasteiger partial charge >= 0.3 is 5.97 Å². The van der Waals surface area contributed by atoms with Crippen LogP contribution in [0.2, 0.25) is 0 Å². The third kappa shape index (κ3) is 3.97. The van der Waals surface area contributed by atoms with Crippen LogP contribution in [0.4, 0.5) is 0 Å². The largest absolute Gasteiger partial charge is 0.493 e. The molecule has 0 aliphatic heterocycles. The summed E-state index contributed by atoms with van der Waals surface area (Å²) in [6.45, 7) is 0. The zero-order valence-electron chi connectivity index (χ0n) is 20.6. The molecule has 0 spiro atoms. The third-order valence-corrected chi connectivity index (χ3v) is 8.41. The first-order chi connectivity index (χ1) is 17.0. The van der Waals surface area contributed by atoms with Gasteiger partial charge in [-0.1, -0.05) is 43.9 Å². The van der Waals surface area contributed by atoms with Gasteiger partial charge in [-0.25, -0.2) is 0 Å². The summed E-state index contributed by atoms with van der Waals surface area (Å²) in [5, 5.41) is 10.4. The number of carboxylic acids is 1. The van der Waals surface area contributed by atoms with E-state index in [1.54, 1.807) is 14.2 Å². The molecule has 1 N–H and O–H groups in total. The molecule has 1 atom stereocenters. The van der Waals surface area contributed by atoms with Crippen LogP contribution in [0, 0.1) is 11.3 Å². The molecule has 6 nitrogen and oxygen atoms in total. The lowest BCUT2D eigenvalue weighted by molar-refractivity contribution is -0.168. The van der Waals surface area contributed by atoms with E-state index in [0.717, 1.165) is 54.4 Å². The minimum absolute atomic E-state index is 0.157. The number of carboxylic acid groups (broad SMARTS) is 1. The van der Waals surface area contributed by atoms with Gasteiger partial charge in [0.25, 0.3) is 0 Å². The predicted molar refractivity (Wildman–Crippen MR) is 133 cm³/mol. The Bertz CT molecular complexity index is 1130. The van der Waals surface area contributed by atoms with Crippen LogP contribution < -0.4 is 14.2 Å². The van der Waals surface area contributed by atoms with Crippen molar-refractivity contribution in [3.63, 3.8) is 0 Å². The molecule has 2 saturated carbocycles. The monoisotopic (exact) mass is 478 g/mol. The summed E-state index contributed by atoms with van der Waals surface area (Å²) in [6.07, 6.45) is 8.19. The summed E-state index contributed by atoms with van der Waals surface area (Å²) < 4.78 is 18.3. The van der Waals surface area contributed by atoms with Gasteiger partial charge in [0, 0.05) is 17.5 Å². The second kappa shape index (κ2) is 9.56. The van der Waals surface area contributed by atoms with Gasteiger partial charge in [-0.2, -0.15) is 0 Å². The summed E-state index contributed by atoms with van der Waals surface area (Å²) in [5.41, 5.74) is 2.63. The zero-order chi connectivity index (χ0) is 24.6. The van der Waals surface area contributed by atoms with E-state index < -0.39 is 17.5 Å². The molecule has 3 aliphatic rings. The second-order valence-corrected chi connectivity index (χ2v) is 10.2. The van der Waals surface area contributed by atoms with Crippen LogP contribution in [0.1, 0.15) is 73.7 Å². The number of hydrogen-bond donors (Lipinski definition) is 1. The highest BCUT2D eigenvalue weighted by Crippen LogP contribution is 2.53. The van der Waals surface area contributed by atoms with Crippen LogP contribution >= 0.6 is 0 Å². The van der Waals surface area contributed by atoms with Crippen molar-refractivity contribution < 1.29 is 28.9 Å². The molecule has 0 aromatic heterocycles. The lowest BCUT2D eigenvalue weighted by Crippen LogP contribution is -2.54. The highest BCUT2D eigenvalue weighted by molar-refractivity contribution is 6.02. The molecule has 2 aromatic carbocycles. The molecule has 186 valence electrons. The number of ether oxygens (including phenoxy) is 3. The number of rotatable bonds is 8. The Hall–Kier alpha value is -3.02. The van der Waals surface area contributed by atoms with Crippen molar-refractivity contribution in [2.45, 2.75) is 70.3 Å². The first-order valence-corrected chi connectivity index (χ1v) is 12.8. The Morgan fingerprint density at radius 3 is 2.29 bits per heavy atom. The van der Waals surface area contributed by atoms with E-state index in [4.69, 9.17) is 14.2 Å². The topological polar surface area (TPSA) is 82.1 Å². The Morgan fingerprint density at radius 2 is 1.66 bits per heavy atom. The Morgan fingerprint density at radius 1 is 0.914 bits per heavy atom. The van der Waals surface area contributed by atoms with Crippen LogP contribution in [0.25, 0.3) is 11.1 Å².